The van der Waals surface area contributed by atoms with Gasteiger partial charge < -0.3 is 15.4 Å². The van der Waals surface area contributed by atoms with Crippen molar-refractivity contribution >= 4 is 11.8 Å². The lowest BCUT2D eigenvalue weighted by molar-refractivity contribution is 0.0526. The van der Waals surface area contributed by atoms with Crippen molar-refractivity contribution in [3.63, 3.8) is 0 Å². The van der Waals surface area contributed by atoms with Crippen LogP contribution in [0.25, 0.3) is 0 Å². The minimum atomic E-state index is 0.226. The fraction of sp³-hybridized carbons (Fsp3) is 0.600. The summed E-state index contributed by atoms with van der Waals surface area (Å²) in [6.07, 6.45) is 0.226. The lowest BCUT2D eigenvalue weighted by Crippen LogP contribution is -2.42. The first-order valence-corrected chi connectivity index (χ1v) is 5.13. The molecule has 2 rings (SSSR count). The highest BCUT2D eigenvalue weighted by Crippen LogP contribution is 2.14. The van der Waals surface area contributed by atoms with Crippen molar-refractivity contribution in [1.29, 1.82) is 0 Å². The maximum absolute atomic E-state index is 5.69. The first kappa shape index (κ1) is 10.2. The van der Waals surface area contributed by atoms with Crippen LogP contribution in [0.4, 0.5) is 11.8 Å². The van der Waals surface area contributed by atoms with Crippen LogP contribution < -0.4 is 10.6 Å². The summed E-state index contributed by atoms with van der Waals surface area (Å²) in [6.45, 7) is 6.34. The summed E-state index contributed by atoms with van der Waals surface area (Å²) >= 11 is 0. The molecule has 1 saturated heterocycles. The zero-order valence-electron chi connectivity index (χ0n) is 9.10. The molecule has 15 heavy (non-hydrogen) atoms. The van der Waals surface area contributed by atoms with E-state index in [9.17, 15) is 0 Å². The van der Waals surface area contributed by atoms with E-state index in [0.29, 0.717) is 11.8 Å². The standard InChI is InChI=1S/C10H16N4O/c1-7-5-9(11)13-10(12-7)14-3-4-15-8(2)6-14/h5,8H,3-4,6H2,1-2H3,(H2,11,12,13)/t8-/m1/s1. The predicted octanol–water partition coefficient (Wildman–Crippen LogP) is 0.592. The molecular weight excluding hydrogens is 192 g/mol. The van der Waals surface area contributed by atoms with Gasteiger partial charge in [0, 0.05) is 24.8 Å². The van der Waals surface area contributed by atoms with E-state index < -0.39 is 0 Å². The number of hydrogen-bond acceptors (Lipinski definition) is 5. The summed E-state index contributed by atoms with van der Waals surface area (Å²) in [4.78, 5) is 10.7. The third-order valence-corrected chi connectivity index (χ3v) is 2.39. The highest BCUT2D eigenvalue weighted by atomic mass is 16.5. The normalized spacial score (nSPS) is 21.7. The molecule has 0 saturated carbocycles. The molecule has 5 nitrogen and oxygen atoms in total. The van der Waals surface area contributed by atoms with Crippen LogP contribution in [0.2, 0.25) is 0 Å². The van der Waals surface area contributed by atoms with E-state index >= 15 is 0 Å². The molecule has 0 aliphatic carbocycles. The van der Waals surface area contributed by atoms with Gasteiger partial charge in [0.1, 0.15) is 5.82 Å². The number of nitrogen functional groups attached to an aromatic ring is 1. The molecule has 1 aliphatic rings. The van der Waals surface area contributed by atoms with Crippen LogP contribution >= 0.6 is 0 Å². The Morgan fingerprint density at radius 1 is 1.53 bits per heavy atom. The van der Waals surface area contributed by atoms with Gasteiger partial charge in [-0.2, -0.15) is 4.98 Å². The van der Waals surface area contributed by atoms with Crippen LogP contribution in [-0.4, -0.2) is 35.8 Å². The van der Waals surface area contributed by atoms with Crippen molar-refractivity contribution in [1.82, 2.24) is 9.97 Å². The van der Waals surface area contributed by atoms with Crippen LogP contribution in [-0.2, 0) is 4.74 Å². The molecule has 1 aromatic rings. The number of aryl methyl sites for hydroxylation is 1. The zero-order valence-corrected chi connectivity index (χ0v) is 9.10. The second-order valence-electron chi connectivity index (χ2n) is 3.86. The van der Waals surface area contributed by atoms with Gasteiger partial charge in [-0.3, -0.25) is 0 Å². The zero-order chi connectivity index (χ0) is 10.8. The molecule has 0 amide bonds. The van der Waals surface area contributed by atoms with Gasteiger partial charge in [0.05, 0.1) is 12.7 Å². The van der Waals surface area contributed by atoms with Crippen LogP contribution in [0.5, 0.6) is 0 Å². The SMILES string of the molecule is Cc1cc(N)nc(N2CCO[C@H](C)C2)n1. The Morgan fingerprint density at radius 3 is 3.00 bits per heavy atom. The molecule has 5 heteroatoms. The van der Waals surface area contributed by atoms with Crippen molar-refractivity contribution in [2.75, 3.05) is 30.3 Å². The molecule has 1 fully saturated rings. The van der Waals surface area contributed by atoms with Gasteiger partial charge in [0.2, 0.25) is 5.95 Å². The fourth-order valence-electron chi connectivity index (χ4n) is 1.72. The number of nitrogens with zero attached hydrogens (tertiary/aromatic N) is 3. The van der Waals surface area contributed by atoms with Gasteiger partial charge in [-0.05, 0) is 13.8 Å². The Kier molecular flexibility index (Phi) is 2.73. The van der Waals surface area contributed by atoms with E-state index in [2.05, 4.69) is 14.9 Å². The Hall–Kier alpha value is -1.36. The monoisotopic (exact) mass is 208 g/mol. The van der Waals surface area contributed by atoms with Crippen LogP contribution in [0, 0.1) is 6.92 Å². The lowest BCUT2D eigenvalue weighted by atomic mass is 10.3. The van der Waals surface area contributed by atoms with Crippen molar-refractivity contribution < 1.29 is 4.74 Å². The second-order valence-corrected chi connectivity index (χ2v) is 3.86. The average Bonchev–Trinajstić information content (AvgIpc) is 2.16. The molecule has 82 valence electrons. The summed E-state index contributed by atoms with van der Waals surface area (Å²) in [5, 5.41) is 0. The number of nitrogens with two attached hydrogens (primary N) is 1. The van der Waals surface area contributed by atoms with Crippen molar-refractivity contribution in [3.05, 3.63) is 11.8 Å². The smallest absolute Gasteiger partial charge is 0.227 e. The third kappa shape index (κ3) is 2.36. The lowest BCUT2D eigenvalue weighted by Gasteiger charge is -2.31. The van der Waals surface area contributed by atoms with Crippen molar-refractivity contribution in [2.24, 2.45) is 0 Å². The van der Waals surface area contributed by atoms with Gasteiger partial charge in [-0.1, -0.05) is 0 Å². The summed E-state index contributed by atoms with van der Waals surface area (Å²) < 4.78 is 5.46. The molecule has 0 unspecified atom stereocenters. The summed E-state index contributed by atoms with van der Waals surface area (Å²) in [5.74, 6) is 1.24. The quantitative estimate of drug-likeness (QED) is 0.732. The number of hydrogen-bond donors (Lipinski definition) is 1. The van der Waals surface area contributed by atoms with E-state index in [1.807, 2.05) is 13.8 Å². The number of anilines is 2. The van der Waals surface area contributed by atoms with Gasteiger partial charge >= 0.3 is 0 Å². The molecule has 0 aromatic carbocycles. The minimum absolute atomic E-state index is 0.226. The van der Waals surface area contributed by atoms with E-state index in [-0.39, 0.29) is 6.10 Å². The van der Waals surface area contributed by atoms with Gasteiger partial charge in [0.15, 0.2) is 0 Å². The van der Waals surface area contributed by atoms with E-state index in [1.165, 1.54) is 0 Å². The number of ether oxygens (including phenoxy) is 1. The summed E-state index contributed by atoms with van der Waals surface area (Å²) in [7, 11) is 0. The Balaban J connectivity index is 2.20. The van der Waals surface area contributed by atoms with Crippen molar-refractivity contribution in [3.8, 4) is 0 Å². The minimum Gasteiger partial charge on any atom is -0.384 e. The molecule has 2 heterocycles. The molecule has 1 atom stereocenters. The number of morpholine rings is 1. The molecule has 0 spiro atoms. The van der Waals surface area contributed by atoms with Crippen molar-refractivity contribution in [2.45, 2.75) is 20.0 Å². The molecule has 1 aliphatic heterocycles. The summed E-state index contributed by atoms with van der Waals surface area (Å²) in [6, 6.07) is 1.77. The Bertz CT molecular complexity index is 335. The van der Waals surface area contributed by atoms with Crippen LogP contribution in [0.3, 0.4) is 0 Å². The molecule has 0 radical (unpaired) electrons. The molecular formula is C10H16N4O. The largest absolute Gasteiger partial charge is 0.384 e. The Morgan fingerprint density at radius 2 is 2.33 bits per heavy atom. The topological polar surface area (TPSA) is 64.3 Å². The van der Waals surface area contributed by atoms with E-state index in [4.69, 9.17) is 10.5 Å². The maximum Gasteiger partial charge on any atom is 0.227 e. The fourth-order valence-corrected chi connectivity index (χ4v) is 1.72. The third-order valence-electron chi connectivity index (χ3n) is 2.39. The average molecular weight is 208 g/mol. The first-order valence-electron chi connectivity index (χ1n) is 5.13. The molecule has 2 N–H and O–H groups in total. The molecule has 1 aromatic heterocycles. The highest BCUT2D eigenvalue weighted by Gasteiger charge is 2.19. The second kappa shape index (κ2) is 4.02. The first-order chi connectivity index (χ1) is 7.15. The predicted molar refractivity (Wildman–Crippen MR) is 58.8 cm³/mol. The van der Waals surface area contributed by atoms with Gasteiger partial charge in [-0.25, -0.2) is 4.98 Å². The maximum atomic E-state index is 5.69. The van der Waals surface area contributed by atoms with Crippen LogP contribution in [0.15, 0.2) is 6.07 Å². The molecule has 0 bridgehead atoms. The van der Waals surface area contributed by atoms with Gasteiger partial charge in [-0.15, -0.1) is 0 Å². The Labute approximate surface area is 89.3 Å². The number of rotatable bonds is 1. The van der Waals surface area contributed by atoms with E-state index in [1.54, 1.807) is 6.07 Å². The van der Waals surface area contributed by atoms with Gasteiger partial charge in [0.25, 0.3) is 0 Å². The van der Waals surface area contributed by atoms with Crippen LogP contribution in [0.1, 0.15) is 12.6 Å². The number of aromatic nitrogens is 2. The summed E-state index contributed by atoms with van der Waals surface area (Å²) in [5.41, 5.74) is 6.59. The highest BCUT2D eigenvalue weighted by molar-refractivity contribution is 5.40. The van der Waals surface area contributed by atoms with E-state index in [0.717, 1.165) is 25.4 Å².